The van der Waals surface area contributed by atoms with Crippen molar-refractivity contribution in [3.8, 4) is 0 Å². The van der Waals surface area contributed by atoms with Gasteiger partial charge >= 0.3 is 6.03 Å². The van der Waals surface area contributed by atoms with Crippen LogP contribution in [0.2, 0.25) is 10.0 Å². The van der Waals surface area contributed by atoms with Crippen molar-refractivity contribution in [2.75, 3.05) is 36.0 Å². The van der Waals surface area contributed by atoms with Gasteiger partial charge in [0, 0.05) is 30.2 Å². The summed E-state index contributed by atoms with van der Waals surface area (Å²) in [6.07, 6.45) is 0. The Hall–Kier alpha value is -1.65. The Morgan fingerprint density at radius 3 is 2.55 bits per heavy atom. The van der Waals surface area contributed by atoms with Crippen LogP contribution >= 0.6 is 34.5 Å². The van der Waals surface area contributed by atoms with Gasteiger partial charge < -0.3 is 10.2 Å². The first kappa shape index (κ1) is 24.0. The van der Waals surface area contributed by atoms with Crippen LogP contribution in [0, 0.1) is 0 Å². The van der Waals surface area contributed by atoms with E-state index in [1.54, 1.807) is 23.1 Å². The maximum Gasteiger partial charge on any atom is 0.324 e. The maximum atomic E-state index is 13.2. The molecule has 0 bridgehead atoms. The van der Waals surface area contributed by atoms with Crippen molar-refractivity contribution in [2.24, 2.45) is 0 Å². The number of nitrogens with one attached hydrogen (secondary N) is 3. The minimum Gasteiger partial charge on any atom is -0.336 e. The Morgan fingerprint density at radius 2 is 1.87 bits per heavy atom. The number of nitrogens with zero attached hydrogens (tertiary/aromatic N) is 1. The molecule has 11 heteroatoms. The molecule has 1 unspecified atom stereocenters. The molecule has 0 radical (unpaired) electrons. The largest absolute Gasteiger partial charge is 0.336 e. The van der Waals surface area contributed by atoms with Crippen LogP contribution in [0.25, 0.3) is 0 Å². The minimum atomic E-state index is -1.14. The summed E-state index contributed by atoms with van der Waals surface area (Å²) < 4.78 is 14.6. The molecule has 31 heavy (non-hydrogen) atoms. The van der Waals surface area contributed by atoms with Crippen LogP contribution in [-0.4, -0.2) is 46.4 Å². The molecule has 0 spiro atoms. The second-order valence-electron chi connectivity index (χ2n) is 8.05. The molecule has 0 aliphatic carbocycles. The molecule has 1 fully saturated rings. The molecule has 3 N–H and O–H groups in total. The Bertz CT molecular complexity index is 1020. The second-order valence-corrected chi connectivity index (χ2v) is 11.3. The average Bonchev–Trinajstić information content (AvgIpc) is 2.98. The number of carbonyl (C=O) groups excluding carboxylic acids is 2. The molecule has 3 amide bonds. The highest BCUT2D eigenvalue weighted by Crippen LogP contribution is 2.37. The Balaban J connectivity index is 1.83. The highest BCUT2D eigenvalue weighted by molar-refractivity contribution is 7.83. The van der Waals surface area contributed by atoms with Crippen LogP contribution < -0.4 is 15.4 Å². The van der Waals surface area contributed by atoms with Gasteiger partial charge in [-0.15, -0.1) is 11.3 Å². The van der Waals surface area contributed by atoms with Crippen LogP contribution in [0.4, 0.5) is 15.5 Å². The number of thiophene rings is 1. The lowest BCUT2D eigenvalue weighted by atomic mass is 9.94. The summed E-state index contributed by atoms with van der Waals surface area (Å²) in [7, 11) is -1.14. The van der Waals surface area contributed by atoms with Gasteiger partial charge in [-0.25, -0.2) is 13.7 Å². The number of hydrogen-bond donors (Lipinski definition) is 3. The van der Waals surface area contributed by atoms with Crippen LogP contribution in [0.1, 0.15) is 36.0 Å². The van der Waals surface area contributed by atoms with Crippen LogP contribution in [-0.2, 0) is 16.4 Å². The quantitative estimate of drug-likeness (QED) is 0.567. The monoisotopic (exact) mass is 502 g/mol. The molecule has 1 saturated heterocycles. The maximum absolute atomic E-state index is 13.2. The molecule has 3 rings (SSSR count). The van der Waals surface area contributed by atoms with Gasteiger partial charge in [0.15, 0.2) is 0 Å². The first-order valence-corrected chi connectivity index (χ1v) is 12.5. The zero-order valence-corrected chi connectivity index (χ0v) is 20.5. The van der Waals surface area contributed by atoms with E-state index in [-0.39, 0.29) is 11.3 Å². The van der Waals surface area contributed by atoms with Gasteiger partial charge in [0.1, 0.15) is 5.00 Å². The molecule has 0 saturated carbocycles. The summed E-state index contributed by atoms with van der Waals surface area (Å²) in [5, 5.41) is 6.69. The Kier molecular flexibility index (Phi) is 7.64. The summed E-state index contributed by atoms with van der Waals surface area (Å²) in [5.74, 6) is 0.167. The van der Waals surface area contributed by atoms with Crippen molar-refractivity contribution in [2.45, 2.75) is 26.2 Å². The number of amides is 3. The van der Waals surface area contributed by atoms with Crippen LogP contribution in [0.5, 0.6) is 0 Å². The lowest BCUT2D eigenvalue weighted by Crippen LogP contribution is -2.35. The summed E-state index contributed by atoms with van der Waals surface area (Å²) in [4.78, 5) is 28.5. The fourth-order valence-corrected chi connectivity index (χ4v) is 5.15. The fourth-order valence-electron chi connectivity index (χ4n) is 2.90. The van der Waals surface area contributed by atoms with Gasteiger partial charge in [0.2, 0.25) is 0 Å². The average molecular weight is 503 g/mol. The van der Waals surface area contributed by atoms with E-state index in [1.807, 2.05) is 26.8 Å². The van der Waals surface area contributed by atoms with Crippen molar-refractivity contribution in [1.29, 1.82) is 0 Å². The molecule has 2 heterocycles. The number of anilines is 2. The van der Waals surface area contributed by atoms with Gasteiger partial charge in [-0.3, -0.25) is 10.1 Å². The summed E-state index contributed by atoms with van der Waals surface area (Å²) >= 11 is 13.3. The molecule has 7 nitrogen and oxygen atoms in total. The third kappa shape index (κ3) is 6.20. The van der Waals surface area contributed by atoms with E-state index in [1.165, 1.54) is 11.3 Å². The zero-order valence-electron chi connectivity index (χ0n) is 17.4. The highest BCUT2D eigenvalue weighted by atomic mass is 35.5. The van der Waals surface area contributed by atoms with Crippen molar-refractivity contribution in [1.82, 2.24) is 9.62 Å². The SMILES string of the molecule is CC(C)(C)c1cc(C(=O)N2CCNS(=O)CC2)c(NC(=O)Nc2ccc(Cl)c(Cl)c2)s1. The molecule has 1 aromatic heterocycles. The van der Waals surface area contributed by atoms with E-state index in [4.69, 9.17) is 23.2 Å². The number of benzene rings is 1. The first-order chi connectivity index (χ1) is 14.5. The number of rotatable bonds is 3. The predicted molar refractivity (Wildman–Crippen MR) is 129 cm³/mol. The van der Waals surface area contributed by atoms with Gasteiger partial charge in [-0.2, -0.15) is 0 Å². The van der Waals surface area contributed by atoms with Crippen molar-refractivity contribution < 1.29 is 13.8 Å². The third-order valence-corrected chi connectivity index (χ3v) is 7.88. The molecular formula is C20H24Cl2N4O3S2. The standard InChI is InChI=1S/C20H24Cl2N4O3S2/c1-20(2,3)16-11-13(18(27)26-7-6-23-31(29)9-8-26)17(30-16)25-19(28)24-12-4-5-14(21)15(22)10-12/h4-5,10-11,23H,6-9H2,1-3H3,(H2,24,25,28). The fraction of sp³-hybridized carbons (Fsp3) is 0.400. The molecule has 1 aliphatic heterocycles. The van der Waals surface area contributed by atoms with E-state index < -0.39 is 17.0 Å². The Labute approximate surface area is 198 Å². The highest BCUT2D eigenvalue weighted by Gasteiger charge is 2.27. The van der Waals surface area contributed by atoms with E-state index >= 15 is 0 Å². The summed E-state index contributed by atoms with van der Waals surface area (Å²) in [5.41, 5.74) is 0.710. The van der Waals surface area contributed by atoms with E-state index in [9.17, 15) is 13.8 Å². The second kappa shape index (κ2) is 9.87. The molecule has 1 aliphatic rings. The predicted octanol–water partition coefficient (Wildman–Crippen LogP) is 4.71. The number of carbonyl (C=O) groups is 2. The normalized spacial score (nSPS) is 17.2. The molecule has 1 aromatic carbocycles. The molecular weight excluding hydrogens is 479 g/mol. The summed E-state index contributed by atoms with van der Waals surface area (Å²) in [6, 6.07) is 6.12. The van der Waals surface area contributed by atoms with Crippen molar-refractivity contribution in [3.05, 3.63) is 44.8 Å². The molecule has 2 aromatic rings. The topological polar surface area (TPSA) is 90.5 Å². The lowest BCUT2D eigenvalue weighted by Gasteiger charge is -2.20. The smallest absolute Gasteiger partial charge is 0.324 e. The van der Waals surface area contributed by atoms with E-state index in [0.29, 0.717) is 51.7 Å². The van der Waals surface area contributed by atoms with Crippen molar-refractivity contribution >= 4 is 68.2 Å². The Morgan fingerprint density at radius 1 is 1.13 bits per heavy atom. The minimum absolute atomic E-state index is 0.193. The zero-order chi connectivity index (χ0) is 22.8. The number of hydrogen-bond acceptors (Lipinski definition) is 4. The summed E-state index contributed by atoms with van der Waals surface area (Å²) in [6.45, 7) is 7.42. The van der Waals surface area contributed by atoms with E-state index in [0.717, 1.165) is 4.88 Å². The van der Waals surface area contributed by atoms with Crippen molar-refractivity contribution in [3.63, 3.8) is 0 Å². The van der Waals surface area contributed by atoms with Crippen LogP contribution in [0.15, 0.2) is 24.3 Å². The van der Waals surface area contributed by atoms with Gasteiger partial charge in [-0.05, 0) is 29.7 Å². The first-order valence-electron chi connectivity index (χ1n) is 9.63. The van der Waals surface area contributed by atoms with Crippen LogP contribution in [0.3, 0.4) is 0 Å². The van der Waals surface area contributed by atoms with Gasteiger partial charge in [0.05, 0.1) is 32.3 Å². The van der Waals surface area contributed by atoms with Gasteiger partial charge in [0.25, 0.3) is 5.91 Å². The van der Waals surface area contributed by atoms with Gasteiger partial charge in [-0.1, -0.05) is 44.0 Å². The molecule has 1 atom stereocenters. The lowest BCUT2D eigenvalue weighted by molar-refractivity contribution is 0.0773. The van der Waals surface area contributed by atoms with E-state index in [2.05, 4.69) is 15.4 Å². The number of urea groups is 1. The number of halogens is 2. The third-order valence-electron chi connectivity index (χ3n) is 4.58. The molecule has 168 valence electrons.